The molecule has 0 aromatic heterocycles. The quantitative estimate of drug-likeness (QED) is 0.808. The second kappa shape index (κ2) is 8.04. The lowest BCUT2D eigenvalue weighted by molar-refractivity contribution is -0.125. The minimum absolute atomic E-state index is 0.00302. The van der Waals surface area contributed by atoms with Crippen molar-refractivity contribution >= 4 is 11.9 Å². The van der Waals surface area contributed by atoms with Crippen molar-refractivity contribution in [2.24, 2.45) is 11.8 Å². The van der Waals surface area contributed by atoms with E-state index in [0.29, 0.717) is 17.6 Å². The fourth-order valence-corrected chi connectivity index (χ4v) is 3.05. The summed E-state index contributed by atoms with van der Waals surface area (Å²) >= 11 is 0. The minimum Gasteiger partial charge on any atom is -0.507 e. The molecule has 1 fully saturated rings. The van der Waals surface area contributed by atoms with Gasteiger partial charge in [0.2, 0.25) is 0 Å². The highest BCUT2D eigenvalue weighted by molar-refractivity contribution is 5.94. The standard InChI is InChI=1S/C18H25NO5/c1-11-5-4-6-15(12(11)2)19-17(21)10-24-18(22)14-8-7-13(23-3)9-16(14)20/h7-9,11-12,15,20H,4-6,10H2,1-3H3,(H,19,21)/t11-,12+,15+/m0/s1. The van der Waals surface area contributed by atoms with Gasteiger partial charge in [0.1, 0.15) is 17.1 Å². The Bertz CT molecular complexity index is 601. The molecule has 0 saturated heterocycles. The number of hydrogen-bond donors (Lipinski definition) is 2. The van der Waals surface area contributed by atoms with Crippen molar-refractivity contribution in [3.63, 3.8) is 0 Å². The third kappa shape index (κ3) is 4.40. The normalized spacial score (nSPS) is 23.4. The van der Waals surface area contributed by atoms with Crippen molar-refractivity contribution in [2.75, 3.05) is 13.7 Å². The first-order chi connectivity index (χ1) is 11.4. The Morgan fingerprint density at radius 2 is 2.04 bits per heavy atom. The number of hydrogen-bond acceptors (Lipinski definition) is 5. The van der Waals surface area contributed by atoms with Crippen molar-refractivity contribution in [1.82, 2.24) is 5.32 Å². The Morgan fingerprint density at radius 1 is 1.29 bits per heavy atom. The molecule has 1 aliphatic rings. The fraction of sp³-hybridized carbons (Fsp3) is 0.556. The van der Waals surface area contributed by atoms with Crippen LogP contribution < -0.4 is 10.1 Å². The van der Waals surface area contributed by atoms with Crippen LogP contribution in [0.3, 0.4) is 0 Å². The van der Waals surface area contributed by atoms with Crippen LogP contribution in [-0.4, -0.2) is 36.7 Å². The summed E-state index contributed by atoms with van der Waals surface area (Å²) in [5.74, 6) is 0.112. The fourth-order valence-electron chi connectivity index (χ4n) is 3.05. The molecule has 0 unspecified atom stereocenters. The molecule has 24 heavy (non-hydrogen) atoms. The van der Waals surface area contributed by atoms with Gasteiger partial charge in [0.25, 0.3) is 5.91 Å². The zero-order valence-electron chi connectivity index (χ0n) is 14.4. The minimum atomic E-state index is -0.740. The number of carbonyl (C=O) groups excluding carboxylic acids is 2. The average Bonchev–Trinajstić information content (AvgIpc) is 2.56. The van der Waals surface area contributed by atoms with Gasteiger partial charge < -0.3 is 19.9 Å². The van der Waals surface area contributed by atoms with Gasteiger partial charge >= 0.3 is 5.97 Å². The summed E-state index contributed by atoms with van der Waals surface area (Å²) in [6.45, 7) is 3.97. The number of carbonyl (C=O) groups is 2. The summed E-state index contributed by atoms with van der Waals surface area (Å²) in [5.41, 5.74) is 0.00302. The van der Waals surface area contributed by atoms with Crippen LogP contribution in [0, 0.1) is 11.8 Å². The predicted molar refractivity (Wildman–Crippen MR) is 89.1 cm³/mol. The third-order valence-electron chi connectivity index (χ3n) is 4.81. The molecule has 1 saturated carbocycles. The van der Waals surface area contributed by atoms with Crippen molar-refractivity contribution in [3.8, 4) is 11.5 Å². The summed E-state index contributed by atoms with van der Waals surface area (Å²) in [6, 6.07) is 4.39. The van der Waals surface area contributed by atoms with E-state index in [1.807, 2.05) is 0 Å². The largest absolute Gasteiger partial charge is 0.507 e. The van der Waals surface area contributed by atoms with E-state index in [1.54, 1.807) is 6.07 Å². The molecule has 3 atom stereocenters. The lowest BCUT2D eigenvalue weighted by Gasteiger charge is -2.34. The Hall–Kier alpha value is -2.24. The number of ether oxygens (including phenoxy) is 2. The average molecular weight is 335 g/mol. The van der Waals surface area contributed by atoms with Crippen LogP contribution in [-0.2, 0) is 9.53 Å². The molecule has 6 nitrogen and oxygen atoms in total. The molecular formula is C18H25NO5. The first kappa shape index (κ1) is 18.1. The summed E-state index contributed by atoms with van der Waals surface area (Å²) in [4.78, 5) is 24.0. The van der Waals surface area contributed by atoms with E-state index in [2.05, 4.69) is 19.2 Å². The molecule has 2 rings (SSSR count). The van der Waals surface area contributed by atoms with E-state index in [-0.39, 0.29) is 29.9 Å². The van der Waals surface area contributed by atoms with Crippen LogP contribution in [0.1, 0.15) is 43.5 Å². The Morgan fingerprint density at radius 3 is 2.71 bits per heavy atom. The van der Waals surface area contributed by atoms with Gasteiger partial charge in [0, 0.05) is 12.1 Å². The van der Waals surface area contributed by atoms with Crippen LogP contribution >= 0.6 is 0 Å². The third-order valence-corrected chi connectivity index (χ3v) is 4.81. The number of rotatable bonds is 5. The molecule has 1 aromatic rings. The van der Waals surface area contributed by atoms with Gasteiger partial charge in [-0.1, -0.05) is 26.7 Å². The number of methoxy groups -OCH3 is 1. The predicted octanol–water partition coefficient (Wildman–Crippen LogP) is 2.50. The number of nitrogens with one attached hydrogen (secondary N) is 1. The summed E-state index contributed by atoms with van der Waals surface area (Å²) in [5, 5.41) is 12.7. The van der Waals surface area contributed by atoms with Gasteiger partial charge in [-0.15, -0.1) is 0 Å². The van der Waals surface area contributed by atoms with Crippen molar-refractivity contribution in [1.29, 1.82) is 0 Å². The molecule has 0 aliphatic heterocycles. The van der Waals surface area contributed by atoms with E-state index >= 15 is 0 Å². The van der Waals surface area contributed by atoms with Gasteiger partial charge in [-0.2, -0.15) is 0 Å². The number of esters is 1. The monoisotopic (exact) mass is 335 g/mol. The van der Waals surface area contributed by atoms with Crippen LogP contribution in [0.4, 0.5) is 0 Å². The lowest BCUT2D eigenvalue weighted by atomic mass is 9.78. The molecule has 6 heteroatoms. The van der Waals surface area contributed by atoms with Crippen molar-refractivity contribution in [2.45, 2.75) is 39.2 Å². The topological polar surface area (TPSA) is 84.9 Å². The smallest absolute Gasteiger partial charge is 0.342 e. The highest BCUT2D eigenvalue weighted by atomic mass is 16.5. The Labute approximate surface area is 142 Å². The van der Waals surface area contributed by atoms with Gasteiger partial charge in [-0.25, -0.2) is 4.79 Å². The molecule has 132 valence electrons. The van der Waals surface area contributed by atoms with Crippen LogP contribution in [0.2, 0.25) is 0 Å². The molecule has 0 bridgehead atoms. The molecule has 0 spiro atoms. The zero-order valence-corrected chi connectivity index (χ0v) is 14.4. The van der Waals surface area contributed by atoms with Crippen LogP contribution in [0.15, 0.2) is 18.2 Å². The van der Waals surface area contributed by atoms with Gasteiger partial charge in [-0.05, 0) is 30.4 Å². The van der Waals surface area contributed by atoms with Gasteiger partial charge in [-0.3, -0.25) is 4.79 Å². The van der Waals surface area contributed by atoms with E-state index in [1.165, 1.54) is 25.7 Å². The van der Waals surface area contributed by atoms with Gasteiger partial charge in [0.15, 0.2) is 6.61 Å². The lowest BCUT2D eigenvalue weighted by Crippen LogP contribution is -2.45. The molecule has 0 radical (unpaired) electrons. The molecule has 1 aromatic carbocycles. The number of phenolic OH excluding ortho intramolecular Hbond substituents is 1. The number of phenols is 1. The van der Waals surface area contributed by atoms with E-state index in [4.69, 9.17) is 9.47 Å². The molecule has 1 aliphatic carbocycles. The highest BCUT2D eigenvalue weighted by Gasteiger charge is 2.28. The molecule has 0 heterocycles. The first-order valence-electron chi connectivity index (χ1n) is 8.26. The maximum atomic E-state index is 12.0. The van der Waals surface area contributed by atoms with E-state index in [0.717, 1.165) is 12.8 Å². The summed E-state index contributed by atoms with van der Waals surface area (Å²) in [7, 11) is 1.46. The number of amides is 1. The first-order valence-corrected chi connectivity index (χ1v) is 8.26. The number of aromatic hydroxyl groups is 1. The zero-order chi connectivity index (χ0) is 17.7. The SMILES string of the molecule is COc1ccc(C(=O)OCC(=O)N[C@@H]2CCC[C@H](C)[C@H]2C)c(O)c1. The Kier molecular flexibility index (Phi) is 6.06. The van der Waals surface area contributed by atoms with E-state index < -0.39 is 5.97 Å². The second-order valence-corrected chi connectivity index (χ2v) is 6.40. The Balaban J connectivity index is 1.86. The van der Waals surface area contributed by atoms with Gasteiger partial charge in [0.05, 0.1) is 7.11 Å². The maximum Gasteiger partial charge on any atom is 0.342 e. The van der Waals surface area contributed by atoms with E-state index in [9.17, 15) is 14.7 Å². The highest BCUT2D eigenvalue weighted by Crippen LogP contribution is 2.29. The maximum absolute atomic E-state index is 12.0. The molecule has 1 amide bonds. The second-order valence-electron chi connectivity index (χ2n) is 6.40. The number of benzene rings is 1. The van der Waals surface area contributed by atoms with Crippen molar-refractivity contribution < 1.29 is 24.2 Å². The van der Waals surface area contributed by atoms with Crippen molar-refractivity contribution in [3.05, 3.63) is 23.8 Å². The summed E-state index contributed by atoms with van der Waals surface area (Å²) < 4.78 is 9.95. The van der Waals surface area contributed by atoms with Crippen LogP contribution in [0.5, 0.6) is 11.5 Å². The molecular weight excluding hydrogens is 310 g/mol. The summed E-state index contributed by atoms with van der Waals surface area (Å²) in [6.07, 6.45) is 3.22. The molecule has 2 N–H and O–H groups in total. The van der Waals surface area contributed by atoms with Crippen LogP contribution in [0.25, 0.3) is 0 Å².